The fourth-order valence-corrected chi connectivity index (χ4v) is 3.06. The Kier molecular flexibility index (Phi) is 9.66. The Bertz CT molecular complexity index is 686. The Morgan fingerprint density at radius 3 is 2.17 bits per heavy atom. The van der Waals surface area contributed by atoms with E-state index in [1.165, 1.54) is 16.7 Å². The van der Waals surface area contributed by atoms with Crippen LogP contribution in [-0.2, 0) is 6.54 Å². The maximum absolute atomic E-state index is 12.9. The summed E-state index contributed by atoms with van der Waals surface area (Å²) < 4.78 is 38.6. The van der Waals surface area contributed by atoms with Crippen LogP contribution in [0.15, 0.2) is 29.3 Å². The Labute approximate surface area is 187 Å². The van der Waals surface area contributed by atoms with Crippen LogP contribution < -0.4 is 5.32 Å². The first-order valence-electron chi connectivity index (χ1n) is 9.20. The van der Waals surface area contributed by atoms with Crippen LogP contribution in [0.25, 0.3) is 0 Å². The summed E-state index contributed by atoms with van der Waals surface area (Å²) >= 11 is 0. The summed E-state index contributed by atoms with van der Waals surface area (Å²) in [6.07, 6.45) is -4.21. The fourth-order valence-electron chi connectivity index (χ4n) is 3.06. The van der Waals surface area contributed by atoms with Gasteiger partial charge in [-0.1, -0.05) is 12.1 Å². The van der Waals surface area contributed by atoms with Gasteiger partial charge in [0.05, 0.1) is 0 Å². The van der Waals surface area contributed by atoms with Crippen molar-refractivity contribution in [1.82, 2.24) is 20.0 Å². The standard InChI is InChI=1S/C19H28F3N5O.HI/c1-14(19(20,21)22)26-9-11-27(12-10-26)18(23-2)24-13-15-5-7-16(8-6-15)17(28)25(3)4;/h5-8,14H,9-13H2,1-4H3,(H,23,24);1H. The van der Waals surface area contributed by atoms with E-state index >= 15 is 0 Å². The lowest BCUT2D eigenvalue weighted by atomic mass is 10.1. The molecule has 1 atom stereocenters. The van der Waals surface area contributed by atoms with Crippen LogP contribution in [0.5, 0.6) is 0 Å². The van der Waals surface area contributed by atoms with E-state index in [2.05, 4.69) is 10.3 Å². The van der Waals surface area contributed by atoms with Crippen molar-refractivity contribution in [2.24, 2.45) is 4.99 Å². The van der Waals surface area contributed by atoms with Crippen LogP contribution in [0.4, 0.5) is 13.2 Å². The highest BCUT2D eigenvalue weighted by molar-refractivity contribution is 14.0. The van der Waals surface area contributed by atoms with Crippen LogP contribution in [-0.4, -0.2) is 86.1 Å². The summed E-state index contributed by atoms with van der Waals surface area (Å²) in [5.41, 5.74) is 1.61. The van der Waals surface area contributed by atoms with Gasteiger partial charge in [0.15, 0.2) is 5.96 Å². The molecule has 0 saturated carbocycles. The number of carbonyl (C=O) groups is 1. The maximum atomic E-state index is 12.9. The van der Waals surface area contributed by atoms with Crippen molar-refractivity contribution in [2.75, 3.05) is 47.3 Å². The van der Waals surface area contributed by atoms with E-state index in [1.54, 1.807) is 33.3 Å². The first-order chi connectivity index (χ1) is 13.1. The molecule has 10 heteroatoms. The van der Waals surface area contributed by atoms with Gasteiger partial charge in [-0.05, 0) is 24.6 Å². The molecule has 0 aliphatic carbocycles. The molecular weight excluding hydrogens is 498 g/mol. The summed E-state index contributed by atoms with van der Waals surface area (Å²) in [4.78, 5) is 21.1. The van der Waals surface area contributed by atoms with Crippen LogP contribution in [0.2, 0.25) is 0 Å². The summed E-state index contributed by atoms with van der Waals surface area (Å²) in [5, 5.41) is 3.24. The van der Waals surface area contributed by atoms with E-state index in [0.29, 0.717) is 44.2 Å². The summed E-state index contributed by atoms with van der Waals surface area (Å²) in [6.45, 7) is 3.36. The molecule has 0 spiro atoms. The number of hydrogen-bond acceptors (Lipinski definition) is 3. The Balaban J connectivity index is 0.00000420. The Hall–Kier alpha value is -1.56. The Morgan fingerprint density at radius 1 is 1.17 bits per heavy atom. The van der Waals surface area contributed by atoms with Crippen LogP contribution in [0.3, 0.4) is 0 Å². The summed E-state index contributed by atoms with van der Waals surface area (Å²) in [5.74, 6) is 0.606. The second-order valence-electron chi connectivity index (χ2n) is 7.04. The van der Waals surface area contributed by atoms with Gasteiger partial charge in [0.25, 0.3) is 5.91 Å². The number of amides is 1. The minimum absolute atomic E-state index is 0. The van der Waals surface area contributed by atoms with E-state index in [1.807, 2.05) is 17.0 Å². The number of hydrogen-bond donors (Lipinski definition) is 1. The van der Waals surface area contributed by atoms with Gasteiger partial charge in [0.2, 0.25) is 0 Å². The third-order valence-electron chi connectivity index (χ3n) is 4.90. The molecule has 0 bridgehead atoms. The van der Waals surface area contributed by atoms with Gasteiger partial charge in [0, 0.05) is 59.4 Å². The molecule has 1 heterocycles. The number of piperazine rings is 1. The van der Waals surface area contributed by atoms with Gasteiger partial charge in [-0.3, -0.25) is 14.7 Å². The van der Waals surface area contributed by atoms with Crippen LogP contribution in [0.1, 0.15) is 22.8 Å². The van der Waals surface area contributed by atoms with Gasteiger partial charge in [0.1, 0.15) is 6.04 Å². The number of nitrogens with one attached hydrogen (secondary N) is 1. The van der Waals surface area contributed by atoms with E-state index in [9.17, 15) is 18.0 Å². The highest BCUT2D eigenvalue weighted by Crippen LogP contribution is 2.25. The zero-order valence-electron chi connectivity index (χ0n) is 17.2. The molecule has 2 rings (SSSR count). The number of rotatable bonds is 4. The molecular formula is C19H29F3IN5O. The number of aliphatic imine (C=N–C) groups is 1. The van der Waals surface area contributed by atoms with Gasteiger partial charge in [-0.25, -0.2) is 0 Å². The highest BCUT2D eigenvalue weighted by Gasteiger charge is 2.41. The lowest BCUT2D eigenvalue weighted by Crippen LogP contribution is -2.56. The first kappa shape index (κ1) is 25.5. The second-order valence-corrected chi connectivity index (χ2v) is 7.04. The van der Waals surface area contributed by atoms with Crippen molar-refractivity contribution in [3.8, 4) is 0 Å². The minimum Gasteiger partial charge on any atom is -0.352 e. The van der Waals surface area contributed by atoms with Crippen LogP contribution in [0, 0.1) is 0 Å². The van der Waals surface area contributed by atoms with Crippen molar-refractivity contribution < 1.29 is 18.0 Å². The van der Waals surface area contributed by atoms with Gasteiger partial charge in [-0.2, -0.15) is 13.2 Å². The number of nitrogens with zero attached hydrogens (tertiary/aromatic N) is 4. The number of halogens is 4. The zero-order valence-corrected chi connectivity index (χ0v) is 19.5. The molecule has 6 nitrogen and oxygen atoms in total. The average Bonchev–Trinajstić information content (AvgIpc) is 2.67. The van der Waals surface area contributed by atoms with Crippen molar-refractivity contribution in [3.63, 3.8) is 0 Å². The number of benzene rings is 1. The van der Waals surface area contributed by atoms with E-state index < -0.39 is 12.2 Å². The van der Waals surface area contributed by atoms with E-state index in [4.69, 9.17) is 0 Å². The predicted octanol–water partition coefficient (Wildman–Crippen LogP) is 2.65. The lowest BCUT2D eigenvalue weighted by Gasteiger charge is -2.39. The first-order valence-corrected chi connectivity index (χ1v) is 9.20. The molecule has 1 aliphatic heterocycles. The number of guanidine groups is 1. The highest BCUT2D eigenvalue weighted by atomic mass is 127. The maximum Gasteiger partial charge on any atom is 0.403 e. The van der Waals surface area contributed by atoms with E-state index in [-0.39, 0.29) is 29.9 Å². The molecule has 1 amide bonds. The van der Waals surface area contributed by atoms with Crippen molar-refractivity contribution >= 4 is 35.8 Å². The second kappa shape index (κ2) is 11.0. The topological polar surface area (TPSA) is 51.2 Å². The van der Waals surface area contributed by atoms with Crippen molar-refractivity contribution in [3.05, 3.63) is 35.4 Å². The molecule has 164 valence electrons. The molecule has 1 N–H and O–H groups in total. The van der Waals surface area contributed by atoms with Gasteiger partial charge in [-0.15, -0.1) is 24.0 Å². The molecule has 0 aromatic heterocycles. The normalized spacial score (nSPS) is 16.8. The molecule has 1 aliphatic rings. The summed E-state index contributed by atoms with van der Waals surface area (Å²) in [6, 6.07) is 5.87. The van der Waals surface area contributed by atoms with Crippen molar-refractivity contribution in [1.29, 1.82) is 0 Å². The third-order valence-corrected chi connectivity index (χ3v) is 4.90. The molecule has 1 saturated heterocycles. The molecule has 0 radical (unpaired) electrons. The SMILES string of the molecule is CN=C(NCc1ccc(C(=O)N(C)C)cc1)N1CCN(C(C)C(F)(F)F)CC1.I. The smallest absolute Gasteiger partial charge is 0.352 e. The molecule has 1 aromatic carbocycles. The number of carbonyl (C=O) groups excluding carboxylic acids is 1. The largest absolute Gasteiger partial charge is 0.403 e. The molecule has 29 heavy (non-hydrogen) atoms. The van der Waals surface area contributed by atoms with E-state index in [0.717, 1.165) is 5.56 Å². The van der Waals surface area contributed by atoms with Crippen molar-refractivity contribution in [2.45, 2.75) is 25.7 Å². The monoisotopic (exact) mass is 527 g/mol. The fraction of sp³-hybridized carbons (Fsp3) is 0.579. The van der Waals surface area contributed by atoms with Gasteiger partial charge < -0.3 is 15.1 Å². The third kappa shape index (κ3) is 7.02. The lowest BCUT2D eigenvalue weighted by molar-refractivity contribution is -0.181. The Morgan fingerprint density at radius 2 is 1.72 bits per heavy atom. The minimum atomic E-state index is -4.21. The molecule has 1 fully saturated rings. The van der Waals surface area contributed by atoms with Crippen LogP contribution >= 0.6 is 24.0 Å². The quantitative estimate of drug-likeness (QED) is 0.372. The molecule has 1 unspecified atom stereocenters. The number of alkyl halides is 3. The zero-order chi connectivity index (χ0) is 20.9. The van der Waals surface area contributed by atoms with Gasteiger partial charge >= 0.3 is 6.18 Å². The predicted molar refractivity (Wildman–Crippen MR) is 119 cm³/mol. The molecule has 1 aromatic rings. The summed E-state index contributed by atoms with van der Waals surface area (Å²) in [7, 11) is 5.07. The average molecular weight is 527 g/mol.